The topological polar surface area (TPSA) is 50.4 Å². The Balaban J connectivity index is 2.82. The van der Waals surface area contributed by atoms with Crippen LogP contribution in [0.2, 0.25) is 5.02 Å². The Hall–Kier alpha value is -1.26. The fraction of sp³-hybridized carbons (Fsp3) is 0.462. The minimum atomic E-state index is -0.522. The van der Waals surface area contributed by atoms with Crippen LogP contribution in [0, 0.1) is 0 Å². The van der Waals surface area contributed by atoms with Crippen LogP contribution in [0.3, 0.4) is 0 Å². The number of halogens is 1. The Bertz CT molecular complexity index is 427. The summed E-state index contributed by atoms with van der Waals surface area (Å²) >= 11 is 5.92. The van der Waals surface area contributed by atoms with Gasteiger partial charge in [-0.25, -0.2) is 4.79 Å². The number of nitrogens with one attached hydrogen (secondary N) is 2. The van der Waals surface area contributed by atoms with Crippen LogP contribution in [0.5, 0.6) is 0 Å². The Morgan fingerprint density at radius 3 is 2.61 bits per heavy atom. The first-order chi connectivity index (χ1) is 8.31. The van der Waals surface area contributed by atoms with Gasteiger partial charge < -0.3 is 10.1 Å². The summed E-state index contributed by atoms with van der Waals surface area (Å²) in [4.78, 5) is 11.7. The van der Waals surface area contributed by atoms with Crippen LogP contribution in [0.15, 0.2) is 18.2 Å². The smallest absolute Gasteiger partial charge is 0.412 e. The quantitative estimate of drug-likeness (QED) is 0.885. The molecule has 0 saturated heterocycles. The van der Waals surface area contributed by atoms with Gasteiger partial charge in [-0.15, -0.1) is 0 Å². The molecule has 0 atom stereocenters. The van der Waals surface area contributed by atoms with Crippen LogP contribution >= 0.6 is 11.6 Å². The van der Waals surface area contributed by atoms with Crippen molar-refractivity contribution in [2.75, 3.05) is 12.4 Å². The summed E-state index contributed by atoms with van der Waals surface area (Å²) in [6.45, 7) is 6.10. The first kappa shape index (κ1) is 14.8. The van der Waals surface area contributed by atoms with Gasteiger partial charge in [0.15, 0.2) is 0 Å². The van der Waals surface area contributed by atoms with Crippen LogP contribution in [-0.2, 0) is 11.3 Å². The highest BCUT2D eigenvalue weighted by Gasteiger charge is 2.17. The van der Waals surface area contributed by atoms with E-state index in [1.54, 1.807) is 12.1 Å². The average Bonchev–Trinajstić information content (AvgIpc) is 2.19. The third kappa shape index (κ3) is 4.94. The number of carbonyl (C=O) groups is 1. The number of hydrogen-bond acceptors (Lipinski definition) is 3. The van der Waals surface area contributed by atoms with Gasteiger partial charge in [0.05, 0.1) is 0 Å². The zero-order valence-electron chi connectivity index (χ0n) is 11.1. The Kier molecular flexibility index (Phi) is 4.99. The Morgan fingerprint density at radius 1 is 1.39 bits per heavy atom. The van der Waals surface area contributed by atoms with E-state index in [4.69, 9.17) is 16.3 Å². The molecule has 0 heterocycles. The molecule has 1 rings (SSSR count). The average molecular weight is 271 g/mol. The molecule has 100 valence electrons. The fourth-order valence-corrected chi connectivity index (χ4v) is 1.60. The van der Waals surface area contributed by atoms with Crippen LogP contribution in [-0.4, -0.2) is 18.7 Å². The van der Waals surface area contributed by atoms with Crippen molar-refractivity contribution in [2.45, 2.75) is 32.9 Å². The summed E-state index contributed by atoms with van der Waals surface area (Å²) in [6.07, 6.45) is -0.484. The highest BCUT2D eigenvalue weighted by Crippen LogP contribution is 2.22. The highest BCUT2D eigenvalue weighted by molar-refractivity contribution is 6.31. The van der Waals surface area contributed by atoms with Gasteiger partial charge in [-0.05, 0) is 45.5 Å². The number of ether oxygens (including phenoxy) is 1. The molecule has 1 aromatic carbocycles. The van der Waals surface area contributed by atoms with Crippen molar-refractivity contribution in [1.82, 2.24) is 5.32 Å². The zero-order chi connectivity index (χ0) is 13.8. The lowest BCUT2D eigenvalue weighted by atomic mass is 10.1. The standard InChI is InChI=1S/C13H19ClN2O2/c1-13(2,3)18-12(17)16-11-7-10(14)6-5-9(11)8-15-4/h5-7,15H,8H2,1-4H3,(H,16,17). The highest BCUT2D eigenvalue weighted by atomic mass is 35.5. The van der Waals surface area contributed by atoms with Crippen molar-refractivity contribution in [2.24, 2.45) is 0 Å². The van der Waals surface area contributed by atoms with E-state index >= 15 is 0 Å². The molecule has 1 aromatic rings. The van der Waals surface area contributed by atoms with Gasteiger partial charge in [-0.1, -0.05) is 17.7 Å². The molecule has 0 aliphatic carbocycles. The predicted molar refractivity (Wildman–Crippen MR) is 74.1 cm³/mol. The molecule has 2 N–H and O–H groups in total. The lowest BCUT2D eigenvalue weighted by Gasteiger charge is -2.20. The van der Waals surface area contributed by atoms with Crippen molar-refractivity contribution >= 4 is 23.4 Å². The van der Waals surface area contributed by atoms with Gasteiger partial charge in [0, 0.05) is 17.3 Å². The van der Waals surface area contributed by atoms with E-state index in [0.29, 0.717) is 17.3 Å². The summed E-state index contributed by atoms with van der Waals surface area (Å²) < 4.78 is 5.20. The second kappa shape index (κ2) is 6.07. The van der Waals surface area contributed by atoms with Crippen molar-refractivity contribution in [1.29, 1.82) is 0 Å². The molecule has 0 spiro atoms. The number of benzene rings is 1. The summed E-state index contributed by atoms with van der Waals surface area (Å²) in [5, 5.41) is 6.31. The molecule has 0 saturated carbocycles. The molecule has 0 fully saturated rings. The molecule has 18 heavy (non-hydrogen) atoms. The Labute approximate surface area is 113 Å². The molecule has 0 aromatic heterocycles. The third-order valence-electron chi connectivity index (χ3n) is 2.07. The van der Waals surface area contributed by atoms with Gasteiger partial charge >= 0.3 is 6.09 Å². The summed E-state index contributed by atoms with van der Waals surface area (Å²) in [5.41, 5.74) is 1.09. The minimum absolute atomic E-state index is 0.484. The van der Waals surface area contributed by atoms with Gasteiger partial charge in [0.25, 0.3) is 0 Å². The first-order valence-electron chi connectivity index (χ1n) is 5.75. The van der Waals surface area contributed by atoms with E-state index in [1.807, 2.05) is 33.9 Å². The van der Waals surface area contributed by atoms with Crippen LogP contribution in [0.25, 0.3) is 0 Å². The van der Waals surface area contributed by atoms with Crippen molar-refractivity contribution < 1.29 is 9.53 Å². The molecule has 0 bridgehead atoms. The van der Waals surface area contributed by atoms with E-state index in [2.05, 4.69) is 10.6 Å². The molecule has 1 amide bonds. The van der Waals surface area contributed by atoms with Crippen molar-refractivity contribution in [3.05, 3.63) is 28.8 Å². The van der Waals surface area contributed by atoms with Gasteiger partial charge in [0.1, 0.15) is 5.60 Å². The normalized spacial score (nSPS) is 11.2. The molecular weight excluding hydrogens is 252 g/mol. The molecule has 4 nitrogen and oxygen atoms in total. The van der Waals surface area contributed by atoms with Crippen LogP contribution < -0.4 is 10.6 Å². The van der Waals surface area contributed by atoms with E-state index in [9.17, 15) is 4.79 Å². The van der Waals surface area contributed by atoms with Crippen LogP contribution in [0.1, 0.15) is 26.3 Å². The van der Waals surface area contributed by atoms with Gasteiger partial charge in [0.2, 0.25) is 0 Å². The second-order valence-electron chi connectivity index (χ2n) is 4.96. The number of anilines is 1. The molecular formula is C13H19ClN2O2. The monoisotopic (exact) mass is 270 g/mol. The maximum atomic E-state index is 11.7. The number of hydrogen-bond donors (Lipinski definition) is 2. The lowest BCUT2D eigenvalue weighted by Crippen LogP contribution is -2.27. The predicted octanol–water partition coefficient (Wildman–Crippen LogP) is 3.41. The molecule has 0 aliphatic rings. The molecule has 0 unspecified atom stereocenters. The summed E-state index contributed by atoms with van der Waals surface area (Å²) in [7, 11) is 1.84. The zero-order valence-corrected chi connectivity index (χ0v) is 11.9. The van der Waals surface area contributed by atoms with Crippen molar-refractivity contribution in [3.63, 3.8) is 0 Å². The fourth-order valence-electron chi connectivity index (χ4n) is 1.42. The molecule has 0 aliphatic heterocycles. The lowest BCUT2D eigenvalue weighted by molar-refractivity contribution is 0.0636. The maximum absolute atomic E-state index is 11.7. The van der Waals surface area contributed by atoms with Gasteiger partial charge in [-0.3, -0.25) is 5.32 Å². The van der Waals surface area contributed by atoms with Crippen molar-refractivity contribution in [3.8, 4) is 0 Å². The number of amides is 1. The SMILES string of the molecule is CNCc1ccc(Cl)cc1NC(=O)OC(C)(C)C. The number of carbonyl (C=O) groups excluding carboxylic acids is 1. The second-order valence-corrected chi connectivity index (χ2v) is 5.40. The van der Waals surface area contributed by atoms with E-state index < -0.39 is 11.7 Å². The van der Waals surface area contributed by atoms with E-state index in [-0.39, 0.29) is 0 Å². The first-order valence-corrected chi connectivity index (χ1v) is 6.12. The Morgan fingerprint density at radius 2 is 2.06 bits per heavy atom. The molecule has 5 heteroatoms. The van der Waals surface area contributed by atoms with E-state index in [0.717, 1.165) is 5.56 Å². The van der Waals surface area contributed by atoms with E-state index in [1.165, 1.54) is 0 Å². The maximum Gasteiger partial charge on any atom is 0.412 e. The third-order valence-corrected chi connectivity index (χ3v) is 2.31. The van der Waals surface area contributed by atoms with Gasteiger partial charge in [-0.2, -0.15) is 0 Å². The summed E-state index contributed by atoms with van der Waals surface area (Å²) in [5.74, 6) is 0. The van der Waals surface area contributed by atoms with Crippen LogP contribution in [0.4, 0.5) is 10.5 Å². The largest absolute Gasteiger partial charge is 0.444 e. The number of rotatable bonds is 3. The molecule has 0 radical (unpaired) electrons. The summed E-state index contributed by atoms with van der Waals surface area (Å²) in [6, 6.07) is 5.36. The minimum Gasteiger partial charge on any atom is -0.444 e.